The van der Waals surface area contributed by atoms with Crippen molar-refractivity contribution in [2.75, 3.05) is 5.32 Å². The van der Waals surface area contributed by atoms with Crippen LogP contribution >= 0.6 is 12.2 Å². The minimum atomic E-state index is 0.456. The van der Waals surface area contributed by atoms with E-state index in [1.165, 1.54) is 17.5 Å². The van der Waals surface area contributed by atoms with Gasteiger partial charge < -0.3 is 11.1 Å². The largest absolute Gasteiger partial charge is 0.389 e. The van der Waals surface area contributed by atoms with Crippen molar-refractivity contribution in [1.29, 1.82) is 0 Å². The summed E-state index contributed by atoms with van der Waals surface area (Å²) in [5, 5.41) is 5.91. The van der Waals surface area contributed by atoms with Crippen LogP contribution in [0.15, 0.2) is 36.4 Å². The van der Waals surface area contributed by atoms with E-state index < -0.39 is 0 Å². The number of nitrogens with two attached hydrogens (primary N) is 1. The van der Waals surface area contributed by atoms with Gasteiger partial charge in [-0.15, -0.1) is 0 Å². The molecule has 3 heteroatoms. The van der Waals surface area contributed by atoms with Gasteiger partial charge in [0.15, 0.2) is 0 Å². The molecule has 2 nitrogen and oxygen atoms in total. The number of hydrogen-bond donors (Lipinski definition) is 2. The maximum atomic E-state index is 5.78. The summed E-state index contributed by atoms with van der Waals surface area (Å²) < 4.78 is 0. The summed E-state index contributed by atoms with van der Waals surface area (Å²) in [6.45, 7) is 2.27. The van der Waals surface area contributed by atoms with Gasteiger partial charge in [-0.3, -0.25) is 0 Å². The topological polar surface area (TPSA) is 38.0 Å². The Morgan fingerprint density at radius 1 is 1.22 bits per heavy atom. The van der Waals surface area contributed by atoms with Crippen LogP contribution in [-0.2, 0) is 0 Å². The molecule has 3 rings (SSSR count). The van der Waals surface area contributed by atoms with E-state index in [9.17, 15) is 0 Å². The first-order valence-electron chi connectivity index (χ1n) is 6.25. The number of rotatable bonds is 3. The normalized spacial score (nSPS) is 21.8. The molecule has 3 N–H and O–H groups in total. The van der Waals surface area contributed by atoms with Crippen molar-refractivity contribution in [3.05, 3.63) is 42.0 Å². The first-order valence-corrected chi connectivity index (χ1v) is 6.65. The second kappa shape index (κ2) is 4.25. The number of nitrogens with one attached hydrogen (secondary N) is 1. The van der Waals surface area contributed by atoms with Crippen LogP contribution in [-0.4, -0.2) is 11.0 Å². The lowest BCUT2D eigenvalue weighted by molar-refractivity contribution is 0.930. The smallest absolute Gasteiger partial charge is 0.104 e. The molecule has 0 radical (unpaired) electrons. The van der Waals surface area contributed by atoms with Gasteiger partial charge >= 0.3 is 0 Å². The molecule has 1 aliphatic rings. The van der Waals surface area contributed by atoms with Gasteiger partial charge in [0.1, 0.15) is 4.99 Å². The van der Waals surface area contributed by atoms with Crippen LogP contribution in [0.3, 0.4) is 0 Å². The first kappa shape index (κ1) is 11.5. The van der Waals surface area contributed by atoms with Crippen LogP contribution < -0.4 is 11.1 Å². The van der Waals surface area contributed by atoms with Crippen LogP contribution in [0.5, 0.6) is 0 Å². The lowest BCUT2D eigenvalue weighted by atomic mass is 10.0. The molecule has 92 valence electrons. The molecule has 1 fully saturated rings. The lowest BCUT2D eigenvalue weighted by Crippen LogP contribution is -2.11. The molecule has 0 bridgehead atoms. The molecular formula is C15H16N2S. The van der Waals surface area contributed by atoms with E-state index in [2.05, 4.69) is 30.4 Å². The van der Waals surface area contributed by atoms with Crippen LogP contribution in [0, 0.1) is 5.92 Å². The fraction of sp³-hybridized carbons (Fsp3) is 0.267. The van der Waals surface area contributed by atoms with E-state index in [1.54, 1.807) is 0 Å². The summed E-state index contributed by atoms with van der Waals surface area (Å²) in [5.41, 5.74) is 7.91. The summed E-state index contributed by atoms with van der Waals surface area (Å²) >= 11 is 5.11. The third kappa shape index (κ3) is 1.95. The second-order valence-electron chi connectivity index (χ2n) is 5.03. The van der Waals surface area contributed by atoms with E-state index in [1.807, 2.05) is 18.2 Å². The van der Waals surface area contributed by atoms with Gasteiger partial charge in [0.25, 0.3) is 0 Å². The molecule has 2 atom stereocenters. The van der Waals surface area contributed by atoms with E-state index >= 15 is 0 Å². The van der Waals surface area contributed by atoms with Gasteiger partial charge in [0.2, 0.25) is 0 Å². The molecule has 1 aliphatic carbocycles. The van der Waals surface area contributed by atoms with E-state index in [-0.39, 0.29) is 0 Å². The number of thiocarbonyl (C=S) groups is 1. The number of fused-ring (bicyclic) bond motifs is 1. The Morgan fingerprint density at radius 3 is 2.50 bits per heavy atom. The SMILES string of the molecule is CC1CC1Nc1ccc(C(N)=S)c2ccccc12. The van der Waals surface area contributed by atoms with Crippen molar-refractivity contribution < 1.29 is 0 Å². The Labute approximate surface area is 112 Å². The van der Waals surface area contributed by atoms with Crippen LogP contribution in [0.4, 0.5) is 5.69 Å². The minimum Gasteiger partial charge on any atom is -0.389 e. The Bertz CT molecular complexity index is 621. The standard InChI is InChI=1S/C15H16N2S/c1-9-8-14(9)17-13-7-6-12(15(16)18)10-4-2-3-5-11(10)13/h2-7,9,14,17H,8H2,1H3,(H2,16,18). The Balaban J connectivity index is 2.10. The van der Waals surface area contributed by atoms with Crippen molar-refractivity contribution in [2.24, 2.45) is 11.7 Å². The minimum absolute atomic E-state index is 0.456. The lowest BCUT2D eigenvalue weighted by Gasteiger charge is -2.12. The summed E-state index contributed by atoms with van der Waals surface area (Å²) in [5.74, 6) is 0.777. The molecule has 0 saturated heterocycles. The predicted molar refractivity (Wildman–Crippen MR) is 81.0 cm³/mol. The van der Waals surface area contributed by atoms with Crippen LogP contribution in [0.2, 0.25) is 0 Å². The molecule has 0 heterocycles. The van der Waals surface area contributed by atoms with Gasteiger partial charge in [-0.1, -0.05) is 43.4 Å². The fourth-order valence-electron chi connectivity index (χ4n) is 2.36. The molecule has 0 aliphatic heterocycles. The summed E-state index contributed by atoms with van der Waals surface area (Å²) in [6, 6.07) is 13.0. The highest BCUT2D eigenvalue weighted by atomic mass is 32.1. The number of anilines is 1. The van der Waals surface area contributed by atoms with Gasteiger partial charge in [0.05, 0.1) is 0 Å². The van der Waals surface area contributed by atoms with Gasteiger partial charge in [-0.2, -0.15) is 0 Å². The highest BCUT2D eigenvalue weighted by Crippen LogP contribution is 2.35. The zero-order chi connectivity index (χ0) is 12.7. The van der Waals surface area contributed by atoms with Crippen molar-refractivity contribution >= 4 is 33.7 Å². The third-order valence-electron chi connectivity index (χ3n) is 3.64. The van der Waals surface area contributed by atoms with Crippen LogP contribution in [0.1, 0.15) is 18.9 Å². The second-order valence-corrected chi connectivity index (χ2v) is 5.47. The summed E-state index contributed by atoms with van der Waals surface area (Å²) in [4.78, 5) is 0.456. The molecule has 2 aromatic carbocycles. The van der Waals surface area contributed by atoms with Crippen LogP contribution in [0.25, 0.3) is 10.8 Å². The molecule has 2 unspecified atom stereocenters. The van der Waals surface area contributed by atoms with Gasteiger partial charge in [0, 0.05) is 22.7 Å². The average molecular weight is 256 g/mol. The molecule has 0 spiro atoms. The third-order valence-corrected chi connectivity index (χ3v) is 3.86. The van der Waals surface area contributed by atoms with Gasteiger partial charge in [-0.25, -0.2) is 0 Å². The Hall–Kier alpha value is -1.61. The molecule has 0 amide bonds. The zero-order valence-corrected chi connectivity index (χ0v) is 11.1. The predicted octanol–water partition coefficient (Wildman–Crippen LogP) is 3.29. The number of hydrogen-bond acceptors (Lipinski definition) is 2. The van der Waals surface area contributed by atoms with Crippen molar-refractivity contribution in [1.82, 2.24) is 0 Å². The van der Waals surface area contributed by atoms with E-state index in [4.69, 9.17) is 18.0 Å². The van der Waals surface area contributed by atoms with Gasteiger partial charge in [-0.05, 0) is 29.9 Å². The van der Waals surface area contributed by atoms with E-state index in [0.717, 1.165) is 16.9 Å². The Morgan fingerprint density at radius 2 is 1.89 bits per heavy atom. The zero-order valence-electron chi connectivity index (χ0n) is 10.3. The van der Waals surface area contributed by atoms with E-state index in [0.29, 0.717) is 11.0 Å². The molecule has 1 saturated carbocycles. The first-order chi connectivity index (χ1) is 8.66. The average Bonchev–Trinajstić information content (AvgIpc) is 3.05. The van der Waals surface area contributed by atoms with Crippen molar-refractivity contribution in [2.45, 2.75) is 19.4 Å². The van der Waals surface area contributed by atoms with Crippen molar-refractivity contribution in [3.8, 4) is 0 Å². The number of benzene rings is 2. The van der Waals surface area contributed by atoms with Crippen molar-refractivity contribution in [3.63, 3.8) is 0 Å². The molecule has 18 heavy (non-hydrogen) atoms. The quantitative estimate of drug-likeness (QED) is 0.828. The maximum absolute atomic E-state index is 5.78. The molecular weight excluding hydrogens is 240 g/mol. The highest BCUT2D eigenvalue weighted by Gasteiger charge is 2.32. The summed E-state index contributed by atoms with van der Waals surface area (Å²) in [7, 11) is 0. The monoisotopic (exact) mass is 256 g/mol. The fourth-order valence-corrected chi connectivity index (χ4v) is 2.54. The molecule has 0 aromatic heterocycles. The summed E-state index contributed by atoms with van der Waals surface area (Å²) in [6.07, 6.45) is 1.26. The highest BCUT2D eigenvalue weighted by molar-refractivity contribution is 7.80. The Kier molecular flexibility index (Phi) is 2.71. The maximum Gasteiger partial charge on any atom is 0.104 e. The molecule has 2 aromatic rings.